The third kappa shape index (κ3) is 3.13. The number of nitrogens with zero attached hydrogens (tertiary/aromatic N) is 2. The summed E-state index contributed by atoms with van der Waals surface area (Å²) in [5.74, 6) is 0.714. The first-order valence-corrected chi connectivity index (χ1v) is 7.95. The Morgan fingerprint density at radius 3 is 2.85 bits per heavy atom. The van der Waals surface area contributed by atoms with Crippen molar-refractivity contribution in [3.05, 3.63) is 34.8 Å². The molecule has 0 saturated carbocycles. The fourth-order valence-corrected chi connectivity index (χ4v) is 3.03. The zero-order chi connectivity index (χ0) is 13.9. The van der Waals surface area contributed by atoms with Gasteiger partial charge in [0.15, 0.2) is 0 Å². The summed E-state index contributed by atoms with van der Waals surface area (Å²) in [4.78, 5) is 7.04. The van der Waals surface area contributed by atoms with E-state index in [4.69, 9.17) is 4.74 Å². The van der Waals surface area contributed by atoms with Gasteiger partial charge < -0.3 is 4.74 Å². The standard InChI is InChI=1S/C16H19BrN2O/c1-12(19-8-2-3-9-19)11-20-16-7-4-13-10-14(17)5-6-15(13)18-16/h4-7,10,12H,2-3,8-9,11H2,1H3. The van der Waals surface area contributed by atoms with Crippen LogP contribution in [-0.2, 0) is 0 Å². The van der Waals surface area contributed by atoms with E-state index in [0.29, 0.717) is 18.5 Å². The molecule has 1 unspecified atom stereocenters. The topological polar surface area (TPSA) is 25.4 Å². The summed E-state index contributed by atoms with van der Waals surface area (Å²) < 4.78 is 6.93. The second-order valence-corrected chi connectivity index (χ2v) is 6.31. The minimum absolute atomic E-state index is 0.458. The molecule has 20 heavy (non-hydrogen) atoms. The Balaban J connectivity index is 1.66. The molecule has 2 heterocycles. The Morgan fingerprint density at radius 1 is 1.25 bits per heavy atom. The highest BCUT2D eigenvalue weighted by Gasteiger charge is 2.18. The van der Waals surface area contributed by atoms with Gasteiger partial charge in [-0.2, -0.15) is 0 Å². The van der Waals surface area contributed by atoms with Crippen LogP contribution in [-0.4, -0.2) is 35.6 Å². The molecule has 0 radical (unpaired) electrons. The lowest BCUT2D eigenvalue weighted by molar-refractivity contribution is 0.169. The maximum Gasteiger partial charge on any atom is 0.213 e. The lowest BCUT2D eigenvalue weighted by Gasteiger charge is -2.23. The predicted molar refractivity (Wildman–Crippen MR) is 85.2 cm³/mol. The fraction of sp³-hybridized carbons (Fsp3) is 0.438. The molecule has 4 heteroatoms. The van der Waals surface area contributed by atoms with Crippen molar-refractivity contribution in [1.82, 2.24) is 9.88 Å². The van der Waals surface area contributed by atoms with Gasteiger partial charge in [0, 0.05) is 22.0 Å². The van der Waals surface area contributed by atoms with E-state index in [-0.39, 0.29) is 0 Å². The fourth-order valence-electron chi connectivity index (χ4n) is 2.65. The van der Waals surface area contributed by atoms with Gasteiger partial charge in [-0.05, 0) is 57.1 Å². The molecular weight excluding hydrogens is 316 g/mol. The monoisotopic (exact) mass is 334 g/mol. The average molecular weight is 335 g/mol. The Hall–Kier alpha value is -1.13. The van der Waals surface area contributed by atoms with Gasteiger partial charge in [0.1, 0.15) is 6.61 Å². The second-order valence-electron chi connectivity index (χ2n) is 5.39. The third-order valence-electron chi connectivity index (χ3n) is 3.86. The van der Waals surface area contributed by atoms with Crippen LogP contribution < -0.4 is 4.74 Å². The van der Waals surface area contributed by atoms with Crippen molar-refractivity contribution in [3.8, 4) is 5.88 Å². The Morgan fingerprint density at radius 2 is 2.05 bits per heavy atom. The molecule has 3 nitrogen and oxygen atoms in total. The largest absolute Gasteiger partial charge is 0.476 e. The zero-order valence-electron chi connectivity index (χ0n) is 11.7. The minimum Gasteiger partial charge on any atom is -0.476 e. The number of pyridine rings is 1. The highest BCUT2D eigenvalue weighted by Crippen LogP contribution is 2.21. The van der Waals surface area contributed by atoms with Crippen molar-refractivity contribution in [2.75, 3.05) is 19.7 Å². The van der Waals surface area contributed by atoms with E-state index in [1.807, 2.05) is 18.2 Å². The molecule has 0 bridgehead atoms. The van der Waals surface area contributed by atoms with Gasteiger partial charge in [-0.1, -0.05) is 15.9 Å². The van der Waals surface area contributed by atoms with Crippen molar-refractivity contribution in [2.24, 2.45) is 0 Å². The molecule has 1 aromatic heterocycles. The number of fused-ring (bicyclic) bond motifs is 1. The highest BCUT2D eigenvalue weighted by atomic mass is 79.9. The second kappa shape index (κ2) is 6.10. The van der Waals surface area contributed by atoms with E-state index >= 15 is 0 Å². The number of likely N-dealkylation sites (tertiary alicyclic amines) is 1. The average Bonchev–Trinajstić information content (AvgIpc) is 2.99. The highest BCUT2D eigenvalue weighted by molar-refractivity contribution is 9.10. The van der Waals surface area contributed by atoms with Gasteiger partial charge in [0.25, 0.3) is 0 Å². The van der Waals surface area contributed by atoms with Crippen molar-refractivity contribution in [1.29, 1.82) is 0 Å². The van der Waals surface area contributed by atoms with Crippen LogP contribution in [0, 0.1) is 0 Å². The molecule has 3 rings (SSSR count). The van der Waals surface area contributed by atoms with Crippen LogP contribution in [0.3, 0.4) is 0 Å². The molecule has 1 aliphatic rings. The maximum atomic E-state index is 5.85. The number of rotatable bonds is 4. The van der Waals surface area contributed by atoms with Crippen LogP contribution >= 0.6 is 15.9 Å². The van der Waals surface area contributed by atoms with Gasteiger partial charge in [0.05, 0.1) is 5.52 Å². The summed E-state index contributed by atoms with van der Waals surface area (Å²) in [6.45, 7) is 5.33. The number of aromatic nitrogens is 1. The maximum absolute atomic E-state index is 5.85. The first kappa shape index (κ1) is 13.8. The van der Waals surface area contributed by atoms with E-state index in [1.54, 1.807) is 0 Å². The summed E-state index contributed by atoms with van der Waals surface area (Å²) in [7, 11) is 0. The van der Waals surface area contributed by atoms with Crippen molar-refractivity contribution >= 4 is 26.8 Å². The van der Waals surface area contributed by atoms with E-state index in [9.17, 15) is 0 Å². The first-order valence-electron chi connectivity index (χ1n) is 7.15. The quantitative estimate of drug-likeness (QED) is 0.848. The Kier molecular flexibility index (Phi) is 4.22. The van der Waals surface area contributed by atoms with Gasteiger partial charge in [0.2, 0.25) is 5.88 Å². The molecule has 0 N–H and O–H groups in total. The van der Waals surface area contributed by atoms with Crippen molar-refractivity contribution in [2.45, 2.75) is 25.8 Å². The number of hydrogen-bond donors (Lipinski definition) is 0. The van der Waals surface area contributed by atoms with E-state index < -0.39 is 0 Å². The Labute approximate surface area is 128 Å². The van der Waals surface area contributed by atoms with E-state index in [0.717, 1.165) is 15.4 Å². The number of benzene rings is 1. The normalized spacial score (nSPS) is 17.5. The van der Waals surface area contributed by atoms with Gasteiger partial charge in [-0.3, -0.25) is 4.90 Å². The smallest absolute Gasteiger partial charge is 0.213 e. The molecule has 106 valence electrons. The van der Waals surface area contributed by atoms with Crippen LogP contribution in [0.25, 0.3) is 10.9 Å². The van der Waals surface area contributed by atoms with Gasteiger partial charge >= 0.3 is 0 Å². The van der Waals surface area contributed by atoms with E-state index in [1.165, 1.54) is 25.9 Å². The summed E-state index contributed by atoms with van der Waals surface area (Å²) in [6, 6.07) is 10.6. The van der Waals surface area contributed by atoms with Crippen LogP contribution in [0.15, 0.2) is 34.8 Å². The molecule has 2 aromatic rings. The molecule has 1 saturated heterocycles. The third-order valence-corrected chi connectivity index (χ3v) is 4.36. The summed E-state index contributed by atoms with van der Waals surface area (Å²) in [5, 5.41) is 1.12. The van der Waals surface area contributed by atoms with Crippen LogP contribution in [0.1, 0.15) is 19.8 Å². The van der Waals surface area contributed by atoms with E-state index in [2.05, 4.69) is 44.9 Å². The number of halogens is 1. The summed E-state index contributed by atoms with van der Waals surface area (Å²) >= 11 is 3.47. The number of hydrogen-bond acceptors (Lipinski definition) is 3. The molecule has 1 atom stereocenters. The SMILES string of the molecule is CC(COc1ccc2cc(Br)ccc2n1)N1CCCC1. The van der Waals surface area contributed by atoms with Crippen LogP contribution in [0.5, 0.6) is 5.88 Å². The molecule has 0 aliphatic carbocycles. The first-order chi connectivity index (χ1) is 9.72. The molecule has 0 spiro atoms. The molecule has 1 fully saturated rings. The molecule has 1 aliphatic heterocycles. The molecule has 1 aromatic carbocycles. The Bertz CT molecular complexity index is 596. The van der Waals surface area contributed by atoms with Gasteiger partial charge in [-0.15, -0.1) is 0 Å². The zero-order valence-corrected chi connectivity index (χ0v) is 13.3. The summed E-state index contributed by atoms with van der Waals surface area (Å²) in [6.07, 6.45) is 2.63. The van der Waals surface area contributed by atoms with Crippen LogP contribution in [0.2, 0.25) is 0 Å². The van der Waals surface area contributed by atoms with Crippen molar-refractivity contribution in [3.63, 3.8) is 0 Å². The molecular formula is C16H19BrN2O. The molecule has 0 amide bonds. The number of ether oxygens (including phenoxy) is 1. The minimum atomic E-state index is 0.458. The van der Waals surface area contributed by atoms with Gasteiger partial charge in [-0.25, -0.2) is 4.98 Å². The lowest BCUT2D eigenvalue weighted by atomic mass is 10.2. The summed E-state index contributed by atoms with van der Waals surface area (Å²) in [5.41, 5.74) is 0.972. The lowest BCUT2D eigenvalue weighted by Crippen LogP contribution is -2.34. The predicted octanol–water partition coefficient (Wildman–Crippen LogP) is 3.86. The van der Waals surface area contributed by atoms with Crippen molar-refractivity contribution < 1.29 is 4.74 Å². The van der Waals surface area contributed by atoms with Crippen LogP contribution in [0.4, 0.5) is 0 Å².